The summed E-state index contributed by atoms with van der Waals surface area (Å²) in [6, 6.07) is 0. The van der Waals surface area contributed by atoms with E-state index in [1.165, 1.54) is 44.9 Å². The summed E-state index contributed by atoms with van der Waals surface area (Å²) in [5.41, 5.74) is 0. The maximum absolute atomic E-state index is 10.1. The van der Waals surface area contributed by atoms with E-state index >= 15 is 0 Å². The summed E-state index contributed by atoms with van der Waals surface area (Å²) in [4.78, 5) is 0. The minimum atomic E-state index is -4.48. The first-order valence-electron chi connectivity index (χ1n) is 7.65. The largest absolute Gasteiger partial charge is 1.00 e. The second-order valence-corrected chi connectivity index (χ2v) is 7.69. The van der Waals surface area contributed by atoms with Crippen molar-refractivity contribution in [3.05, 3.63) is 0 Å². The fourth-order valence-corrected chi connectivity index (χ4v) is 2.07. The summed E-state index contributed by atoms with van der Waals surface area (Å²) >= 11 is -0.611. The Morgan fingerprint density at radius 2 is 1.18 bits per heavy atom. The predicted molar refractivity (Wildman–Crippen MR) is 87.5 cm³/mol. The maximum Gasteiger partial charge on any atom is 1.00 e. The average molecular weight is 367 g/mol. The zero-order valence-electron chi connectivity index (χ0n) is 14.6. The van der Waals surface area contributed by atoms with Gasteiger partial charge in [0.05, 0.1) is 19.1 Å². The van der Waals surface area contributed by atoms with Gasteiger partial charge in [-0.15, -0.1) is 0 Å². The Balaban J connectivity index is -0.000000640. The minimum absolute atomic E-state index is 0. The van der Waals surface area contributed by atoms with E-state index in [0.29, 0.717) is 6.42 Å². The van der Waals surface area contributed by atoms with Gasteiger partial charge in [0.2, 0.25) is 10.4 Å². The van der Waals surface area contributed by atoms with Crippen LogP contribution in [0.1, 0.15) is 71.1 Å². The first-order valence-corrected chi connectivity index (χ1v) is 10.9. The Kier molecular flexibility index (Phi) is 25.7. The van der Waals surface area contributed by atoms with E-state index < -0.39 is 21.6 Å². The maximum atomic E-state index is 10.1. The Morgan fingerprint density at radius 3 is 1.50 bits per heavy atom. The Hall–Kier alpha value is 1.18. The fraction of sp³-hybridized carbons (Fsp3) is 1.00. The first kappa shape index (κ1) is 28.0. The summed E-state index contributed by atoms with van der Waals surface area (Å²) in [6.45, 7) is 2.24. The van der Waals surface area contributed by atoms with Crippen molar-refractivity contribution in [1.29, 1.82) is 0 Å². The molecule has 0 unspecified atom stereocenters. The third kappa shape index (κ3) is 37.4. The van der Waals surface area contributed by atoms with Crippen molar-refractivity contribution in [2.75, 3.05) is 19.1 Å². The molecule has 0 rings (SSSR count). The van der Waals surface area contributed by atoms with E-state index in [9.17, 15) is 17.5 Å². The predicted octanol–water partition coefficient (Wildman–Crippen LogP) is 0.383. The Labute approximate surface area is 162 Å². The van der Waals surface area contributed by atoms with Gasteiger partial charge >= 0.3 is 29.6 Å². The van der Waals surface area contributed by atoms with Crippen LogP contribution >= 0.6 is 0 Å². The molecule has 0 fully saturated rings. The van der Waals surface area contributed by atoms with Crippen LogP contribution in [0.3, 0.4) is 0 Å². The van der Waals surface area contributed by atoms with Crippen molar-refractivity contribution in [3.63, 3.8) is 0 Å². The average Bonchev–Trinajstić information content (AvgIpc) is 2.34. The van der Waals surface area contributed by atoms with Crippen molar-refractivity contribution in [1.82, 2.24) is 0 Å². The molecular weight excluding hydrogens is 335 g/mol. The van der Waals surface area contributed by atoms with Crippen LogP contribution in [-0.4, -0.2) is 36.6 Å². The molecule has 0 spiro atoms. The van der Waals surface area contributed by atoms with Crippen LogP contribution in [0.15, 0.2) is 0 Å². The van der Waals surface area contributed by atoms with Crippen LogP contribution in [0.25, 0.3) is 0 Å². The number of rotatable bonds is 12. The number of hydrogen-bond acceptors (Lipinski definition) is 5. The molecular formula is C14H31NaO5S2. The van der Waals surface area contributed by atoms with Gasteiger partial charge in [0, 0.05) is 0 Å². The smallest absolute Gasteiger partial charge is 0.726 e. The number of unbranched alkanes of at least 4 members (excludes halogenated alkanes) is 9. The van der Waals surface area contributed by atoms with Gasteiger partial charge < -0.3 is 9.11 Å². The van der Waals surface area contributed by atoms with E-state index in [4.69, 9.17) is 0 Å². The number of hydrogen-bond donors (Lipinski definition) is 0. The van der Waals surface area contributed by atoms with Crippen LogP contribution in [0.4, 0.5) is 0 Å². The topological polar surface area (TPSA) is 89.5 Å². The van der Waals surface area contributed by atoms with Crippen molar-refractivity contribution >= 4 is 21.6 Å². The van der Waals surface area contributed by atoms with Gasteiger partial charge in [0.1, 0.15) is 0 Å². The summed E-state index contributed by atoms with van der Waals surface area (Å²) in [7, 11) is -4.48. The molecule has 0 aliphatic rings. The molecule has 0 aromatic carbocycles. The van der Waals surface area contributed by atoms with E-state index in [-0.39, 0.29) is 36.2 Å². The van der Waals surface area contributed by atoms with E-state index in [0.717, 1.165) is 12.8 Å². The standard InChI is InChI=1S/C12H26O4S.C2H6OS.Na/c1-2-3-4-5-6-7-8-9-10-11-12-16-17(13,14)15;1-4(2)3;/h2-12H2,1H3,(H,13,14,15);1-2H3;/q;;+1/p-1. The third-order valence-corrected chi connectivity index (χ3v) is 3.18. The van der Waals surface area contributed by atoms with Gasteiger partial charge in [-0.3, -0.25) is 4.18 Å². The molecule has 0 atom stereocenters. The molecule has 5 nitrogen and oxygen atoms in total. The van der Waals surface area contributed by atoms with Gasteiger partial charge in [0.25, 0.3) is 0 Å². The molecule has 8 heteroatoms. The summed E-state index contributed by atoms with van der Waals surface area (Å²) in [5, 5.41) is 0. The zero-order chi connectivity index (χ0) is 16.6. The van der Waals surface area contributed by atoms with Crippen molar-refractivity contribution < 1.29 is 51.3 Å². The molecule has 0 radical (unpaired) electrons. The quantitative estimate of drug-likeness (QED) is 0.164. The van der Waals surface area contributed by atoms with Gasteiger partial charge in [-0.05, 0) is 6.42 Å². The zero-order valence-corrected chi connectivity index (χ0v) is 18.3. The van der Waals surface area contributed by atoms with E-state index in [1.807, 2.05) is 0 Å². The van der Waals surface area contributed by atoms with Gasteiger partial charge in [-0.1, -0.05) is 75.9 Å². The van der Waals surface area contributed by atoms with Crippen molar-refractivity contribution in [2.45, 2.75) is 71.1 Å². The van der Waals surface area contributed by atoms with Crippen molar-refractivity contribution in [3.8, 4) is 0 Å². The Morgan fingerprint density at radius 1 is 0.864 bits per heavy atom. The molecule has 0 saturated carbocycles. The minimum Gasteiger partial charge on any atom is -0.726 e. The molecule has 0 aromatic rings. The molecule has 0 aliphatic heterocycles. The van der Waals surface area contributed by atoms with Gasteiger partial charge in [-0.2, -0.15) is 0 Å². The van der Waals surface area contributed by atoms with Crippen LogP contribution in [-0.2, 0) is 25.8 Å². The first-order chi connectivity index (χ1) is 9.79. The van der Waals surface area contributed by atoms with Crippen LogP contribution in [0.5, 0.6) is 0 Å². The third-order valence-electron chi connectivity index (χ3n) is 2.73. The summed E-state index contributed by atoms with van der Waals surface area (Å²) in [6.07, 6.45) is 15.0. The molecule has 0 heterocycles. The molecule has 0 aliphatic carbocycles. The monoisotopic (exact) mass is 366 g/mol. The SMILES string of the molecule is CCCCCCCCCCCCOS(=O)(=O)[O-].C[S+](C)[O-].[Na+]. The molecule has 0 saturated heterocycles. The Bertz CT molecular complexity index is 295. The second-order valence-electron chi connectivity index (χ2n) is 5.15. The molecule has 0 bridgehead atoms. The van der Waals surface area contributed by atoms with Gasteiger partial charge in [-0.25, -0.2) is 8.42 Å². The van der Waals surface area contributed by atoms with Gasteiger partial charge in [0.15, 0.2) is 0 Å². The summed E-state index contributed by atoms with van der Waals surface area (Å²) < 4.78 is 44.0. The molecule has 130 valence electrons. The van der Waals surface area contributed by atoms with Crippen LogP contribution < -0.4 is 29.6 Å². The normalized spacial score (nSPS) is 10.8. The molecule has 0 amide bonds. The van der Waals surface area contributed by atoms with E-state index in [2.05, 4.69) is 11.1 Å². The fourth-order valence-electron chi connectivity index (χ4n) is 1.75. The van der Waals surface area contributed by atoms with Crippen LogP contribution in [0.2, 0.25) is 0 Å². The van der Waals surface area contributed by atoms with Crippen LogP contribution in [0, 0.1) is 0 Å². The van der Waals surface area contributed by atoms with Crippen molar-refractivity contribution in [2.24, 2.45) is 0 Å². The molecule has 0 N–H and O–H groups in total. The molecule has 22 heavy (non-hydrogen) atoms. The van der Waals surface area contributed by atoms with E-state index in [1.54, 1.807) is 12.5 Å². The summed E-state index contributed by atoms with van der Waals surface area (Å²) in [5.74, 6) is 0. The second kappa shape index (κ2) is 20.2. The molecule has 0 aromatic heterocycles.